The van der Waals surface area contributed by atoms with E-state index in [1.165, 1.54) is 0 Å². The monoisotopic (exact) mass is 426 g/mol. The van der Waals surface area contributed by atoms with Crippen molar-refractivity contribution in [2.24, 2.45) is 0 Å². The van der Waals surface area contributed by atoms with Gasteiger partial charge in [0, 0.05) is 22.3 Å². The highest BCUT2D eigenvalue weighted by atomic mass is 16.5. The van der Waals surface area contributed by atoms with Gasteiger partial charge in [0.25, 0.3) is 11.5 Å². The molecule has 162 valence electrons. The van der Waals surface area contributed by atoms with Crippen molar-refractivity contribution in [3.05, 3.63) is 105 Å². The maximum absolute atomic E-state index is 13.7. The molecule has 1 aromatic heterocycles. The average molecular weight is 427 g/mol. The summed E-state index contributed by atoms with van der Waals surface area (Å²) >= 11 is 0. The van der Waals surface area contributed by atoms with E-state index in [9.17, 15) is 9.59 Å². The van der Waals surface area contributed by atoms with Gasteiger partial charge in [-0.25, -0.2) is 0 Å². The van der Waals surface area contributed by atoms with Crippen LogP contribution in [0.3, 0.4) is 0 Å². The molecule has 0 fully saturated rings. The second kappa shape index (κ2) is 8.71. The Morgan fingerprint density at radius 1 is 0.938 bits per heavy atom. The molecule has 0 spiro atoms. The first-order chi connectivity index (χ1) is 15.4. The molecule has 0 atom stereocenters. The van der Waals surface area contributed by atoms with Gasteiger partial charge in [0.2, 0.25) is 0 Å². The van der Waals surface area contributed by atoms with Gasteiger partial charge in [-0.2, -0.15) is 0 Å². The highest BCUT2D eigenvalue weighted by Gasteiger charge is 2.22. The van der Waals surface area contributed by atoms with Crippen LogP contribution >= 0.6 is 0 Å². The zero-order chi connectivity index (χ0) is 22.8. The van der Waals surface area contributed by atoms with Crippen LogP contribution in [0.15, 0.2) is 71.5 Å². The second-order valence-electron chi connectivity index (χ2n) is 8.13. The maximum atomic E-state index is 13.7. The molecule has 32 heavy (non-hydrogen) atoms. The molecule has 0 aliphatic rings. The number of anilines is 1. The number of ether oxygens (including phenoxy) is 1. The summed E-state index contributed by atoms with van der Waals surface area (Å²) in [5.41, 5.74) is 5.49. The zero-order valence-electron chi connectivity index (χ0n) is 18.7. The summed E-state index contributed by atoms with van der Waals surface area (Å²) in [6.45, 7) is 6.12. The van der Waals surface area contributed by atoms with Crippen molar-refractivity contribution in [3.63, 3.8) is 0 Å². The van der Waals surface area contributed by atoms with E-state index < -0.39 is 0 Å². The van der Waals surface area contributed by atoms with Gasteiger partial charge in [0.05, 0.1) is 13.7 Å². The number of amides is 1. The number of pyridine rings is 1. The fraction of sp³-hybridized carbons (Fsp3) is 0.185. The van der Waals surface area contributed by atoms with Gasteiger partial charge in [-0.3, -0.25) is 9.59 Å². The number of rotatable bonds is 5. The van der Waals surface area contributed by atoms with Crippen molar-refractivity contribution in [1.82, 2.24) is 4.98 Å². The number of H-pyrrole nitrogens is 1. The number of nitrogens with one attached hydrogen (secondary N) is 1. The quantitative estimate of drug-likeness (QED) is 0.470. The summed E-state index contributed by atoms with van der Waals surface area (Å²) in [5.74, 6) is 0.414. The predicted octanol–water partition coefficient (Wildman–Crippen LogP) is 5.31. The molecule has 4 aromatic rings. The number of aryl methyl sites for hydroxylation is 3. The summed E-state index contributed by atoms with van der Waals surface area (Å²) < 4.78 is 5.30. The molecule has 0 saturated heterocycles. The number of benzene rings is 3. The lowest BCUT2D eigenvalue weighted by Crippen LogP contribution is -2.33. The van der Waals surface area contributed by atoms with E-state index in [0.29, 0.717) is 16.9 Å². The Kier molecular flexibility index (Phi) is 5.82. The fourth-order valence-corrected chi connectivity index (χ4v) is 3.85. The Hall–Kier alpha value is -3.86. The summed E-state index contributed by atoms with van der Waals surface area (Å²) in [7, 11) is 1.57. The molecule has 0 aliphatic carbocycles. The van der Waals surface area contributed by atoms with Crippen LogP contribution in [0.1, 0.15) is 32.6 Å². The standard InChI is InChI=1S/C27H26N2O3/c1-17-9-11-24-21(12-17)14-22(26(30)28-24)16-29(25-13-18(2)8-10-19(25)3)27(31)20-6-5-7-23(15-20)32-4/h5-15H,16H2,1-4H3,(H,28,30). The van der Waals surface area contributed by atoms with E-state index in [0.717, 1.165) is 33.3 Å². The van der Waals surface area contributed by atoms with Crippen molar-refractivity contribution >= 4 is 22.5 Å². The molecule has 5 heteroatoms. The van der Waals surface area contributed by atoms with Crippen LogP contribution in [0.5, 0.6) is 5.75 Å². The van der Waals surface area contributed by atoms with Gasteiger partial charge >= 0.3 is 0 Å². The number of hydrogen-bond acceptors (Lipinski definition) is 3. The molecular formula is C27H26N2O3. The molecule has 1 N–H and O–H groups in total. The zero-order valence-corrected chi connectivity index (χ0v) is 18.7. The van der Waals surface area contributed by atoms with Crippen molar-refractivity contribution in [1.29, 1.82) is 0 Å². The van der Waals surface area contributed by atoms with Crippen LogP contribution in [0, 0.1) is 20.8 Å². The van der Waals surface area contributed by atoms with E-state index >= 15 is 0 Å². The minimum atomic E-state index is -0.199. The van der Waals surface area contributed by atoms with Crippen molar-refractivity contribution in [2.45, 2.75) is 27.3 Å². The number of carbonyl (C=O) groups excluding carboxylic acids is 1. The first-order valence-electron chi connectivity index (χ1n) is 10.5. The highest BCUT2D eigenvalue weighted by molar-refractivity contribution is 6.06. The Morgan fingerprint density at radius 2 is 1.69 bits per heavy atom. The summed E-state index contributed by atoms with van der Waals surface area (Å²) in [6.07, 6.45) is 0. The fourth-order valence-electron chi connectivity index (χ4n) is 3.85. The van der Waals surface area contributed by atoms with Gasteiger partial charge < -0.3 is 14.6 Å². The van der Waals surface area contributed by atoms with Crippen molar-refractivity contribution in [3.8, 4) is 5.75 Å². The molecule has 0 saturated carbocycles. The molecule has 0 radical (unpaired) electrons. The molecule has 0 unspecified atom stereocenters. The lowest BCUT2D eigenvalue weighted by molar-refractivity contribution is 0.0984. The van der Waals surface area contributed by atoms with Crippen LogP contribution < -0.4 is 15.2 Å². The van der Waals surface area contributed by atoms with E-state index in [2.05, 4.69) is 4.98 Å². The Labute approximate surface area is 187 Å². The highest BCUT2D eigenvalue weighted by Crippen LogP contribution is 2.26. The number of methoxy groups -OCH3 is 1. The Morgan fingerprint density at radius 3 is 2.47 bits per heavy atom. The average Bonchev–Trinajstić information content (AvgIpc) is 2.79. The van der Waals surface area contributed by atoms with Gasteiger partial charge in [-0.1, -0.05) is 29.8 Å². The molecule has 5 nitrogen and oxygen atoms in total. The maximum Gasteiger partial charge on any atom is 0.258 e. The smallest absolute Gasteiger partial charge is 0.258 e. The van der Waals surface area contributed by atoms with Crippen LogP contribution in [0.2, 0.25) is 0 Å². The number of carbonyl (C=O) groups is 1. The lowest BCUT2D eigenvalue weighted by atomic mass is 10.1. The SMILES string of the molecule is COc1cccc(C(=O)N(Cc2cc3cc(C)ccc3[nH]c2=O)c2cc(C)ccc2C)c1. The number of aromatic nitrogens is 1. The third kappa shape index (κ3) is 4.28. The molecule has 1 heterocycles. The van der Waals surface area contributed by atoms with Gasteiger partial charge in [0.1, 0.15) is 5.75 Å². The predicted molar refractivity (Wildman–Crippen MR) is 129 cm³/mol. The van der Waals surface area contributed by atoms with Crippen LogP contribution in [0.25, 0.3) is 10.9 Å². The first kappa shape index (κ1) is 21.4. The van der Waals surface area contributed by atoms with E-state index in [-0.39, 0.29) is 18.0 Å². The summed E-state index contributed by atoms with van der Waals surface area (Å²) in [4.78, 5) is 31.2. The first-order valence-corrected chi connectivity index (χ1v) is 10.5. The lowest BCUT2D eigenvalue weighted by Gasteiger charge is -2.25. The van der Waals surface area contributed by atoms with E-state index in [1.807, 2.05) is 63.2 Å². The largest absolute Gasteiger partial charge is 0.497 e. The molecule has 0 aliphatic heterocycles. The molecule has 3 aromatic carbocycles. The third-order valence-electron chi connectivity index (χ3n) is 5.62. The normalized spacial score (nSPS) is 10.9. The number of hydrogen-bond donors (Lipinski definition) is 1. The Balaban J connectivity index is 1.83. The summed E-state index contributed by atoms with van der Waals surface area (Å²) in [6, 6.07) is 20.8. The van der Waals surface area contributed by atoms with E-state index in [4.69, 9.17) is 4.74 Å². The minimum Gasteiger partial charge on any atom is -0.497 e. The molecule has 4 rings (SSSR count). The minimum absolute atomic E-state index is 0.152. The van der Waals surface area contributed by atoms with Gasteiger partial charge in [-0.15, -0.1) is 0 Å². The topological polar surface area (TPSA) is 62.4 Å². The van der Waals surface area contributed by atoms with Crippen LogP contribution in [-0.2, 0) is 6.54 Å². The van der Waals surface area contributed by atoms with E-state index in [1.54, 1.807) is 36.3 Å². The number of aromatic amines is 1. The number of fused-ring (bicyclic) bond motifs is 1. The van der Waals surface area contributed by atoms with Crippen molar-refractivity contribution in [2.75, 3.05) is 12.0 Å². The Bertz CT molecular complexity index is 1370. The molecule has 0 bridgehead atoms. The van der Waals surface area contributed by atoms with Crippen LogP contribution in [-0.4, -0.2) is 18.0 Å². The van der Waals surface area contributed by atoms with Crippen molar-refractivity contribution < 1.29 is 9.53 Å². The van der Waals surface area contributed by atoms with Gasteiger partial charge in [-0.05, 0) is 79.7 Å². The number of nitrogens with zero attached hydrogens (tertiary/aromatic N) is 1. The van der Waals surface area contributed by atoms with Crippen LogP contribution in [0.4, 0.5) is 5.69 Å². The molecule has 1 amide bonds. The van der Waals surface area contributed by atoms with Gasteiger partial charge in [0.15, 0.2) is 0 Å². The second-order valence-corrected chi connectivity index (χ2v) is 8.13. The molecular weight excluding hydrogens is 400 g/mol. The third-order valence-corrected chi connectivity index (χ3v) is 5.62. The summed E-state index contributed by atoms with van der Waals surface area (Å²) in [5, 5.41) is 0.939.